The molecule has 1 aliphatic heterocycles. The molecule has 0 atom stereocenters. The van der Waals surface area contributed by atoms with Crippen LogP contribution in [0.5, 0.6) is 11.5 Å². The summed E-state index contributed by atoms with van der Waals surface area (Å²) in [4.78, 5) is 11.6. The van der Waals surface area contributed by atoms with Gasteiger partial charge in [-0.15, -0.1) is 0 Å². The molecule has 1 aromatic carbocycles. The highest BCUT2D eigenvalue weighted by atomic mass is 32.1. The fourth-order valence-electron chi connectivity index (χ4n) is 1.75. The summed E-state index contributed by atoms with van der Waals surface area (Å²) in [7, 11) is 1.58. The van der Waals surface area contributed by atoms with Crippen molar-refractivity contribution in [1.82, 2.24) is 10.6 Å². The Morgan fingerprint density at radius 2 is 2.10 bits per heavy atom. The van der Waals surface area contributed by atoms with Crippen molar-refractivity contribution in [2.24, 2.45) is 0 Å². The molecule has 2 N–H and O–H groups in total. The fourth-order valence-corrected chi connectivity index (χ4v) is 1.96. The quantitative estimate of drug-likeness (QED) is 0.640. The number of ether oxygens (including phenoxy) is 2. The Labute approximate surface area is 123 Å². The van der Waals surface area contributed by atoms with Crippen molar-refractivity contribution in [2.45, 2.75) is 13.3 Å². The van der Waals surface area contributed by atoms with Crippen LogP contribution in [0.25, 0.3) is 6.08 Å². The maximum absolute atomic E-state index is 11.6. The molecule has 6 heteroatoms. The van der Waals surface area contributed by atoms with Crippen molar-refractivity contribution in [3.8, 4) is 11.5 Å². The minimum atomic E-state index is -0.236. The van der Waals surface area contributed by atoms with Gasteiger partial charge in [0.15, 0.2) is 16.6 Å². The van der Waals surface area contributed by atoms with Gasteiger partial charge in [0, 0.05) is 0 Å². The Balaban J connectivity index is 2.23. The largest absolute Gasteiger partial charge is 0.493 e. The number of hydrogen-bond acceptors (Lipinski definition) is 4. The van der Waals surface area contributed by atoms with Gasteiger partial charge in [0.05, 0.1) is 13.7 Å². The van der Waals surface area contributed by atoms with Gasteiger partial charge >= 0.3 is 0 Å². The lowest BCUT2D eigenvalue weighted by Crippen LogP contribution is -2.21. The molecule has 1 saturated heterocycles. The van der Waals surface area contributed by atoms with Crippen molar-refractivity contribution < 1.29 is 14.3 Å². The molecule has 1 aliphatic rings. The molecule has 0 aliphatic carbocycles. The molecule has 0 unspecified atom stereocenters. The first-order valence-electron chi connectivity index (χ1n) is 6.29. The summed E-state index contributed by atoms with van der Waals surface area (Å²) in [6, 6.07) is 5.50. The molecule has 2 rings (SSSR count). The van der Waals surface area contributed by atoms with E-state index in [0.29, 0.717) is 28.9 Å². The molecule has 0 saturated carbocycles. The summed E-state index contributed by atoms with van der Waals surface area (Å²) in [5.74, 6) is 1.09. The molecule has 0 radical (unpaired) electrons. The minimum absolute atomic E-state index is 0.236. The number of rotatable bonds is 5. The average Bonchev–Trinajstić information content (AvgIpc) is 2.75. The second kappa shape index (κ2) is 6.38. The van der Waals surface area contributed by atoms with Gasteiger partial charge in [-0.2, -0.15) is 0 Å². The summed E-state index contributed by atoms with van der Waals surface area (Å²) in [5.41, 5.74) is 1.24. The van der Waals surface area contributed by atoms with Gasteiger partial charge in [0.2, 0.25) is 0 Å². The molecule has 1 fully saturated rings. The molecule has 1 heterocycles. The number of benzene rings is 1. The van der Waals surface area contributed by atoms with E-state index in [1.165, 1.54) is 0 Å². The molecule has 0 spiro atoms. The summed E-state index contributed by atoms with van der Waals surface area (Å²) in [5, 5.41) is 5.63. The SMILES string of the molecule is CCCOc1ccc(/C=C2/NC(=S)NC2=O)cc1OC. The third-order valence-corrected chi connectivity index (χ3v) is 2.88. The number of carbonyl (C=O) groups excluding carboxylic acids is 1. The van der Waals surface area contributed by atoms with Crippen molar-refractivity contribution in [2.75, 3.05) is 13.7 Å². The molecule has 1 aromatic rings. The van der Waals surface area contributed by atoms with E-state index in [1.54, 1.807) is 13.2 Å². The average molecular weight is 292 g/mol. The van der Waals surface area contributed by atoms with Crippen molar-refractivity contribution in [3.05, 3.63) is 29.5 Å². The van der Waals surface area contributed by atoms with Crippen LogP contribution in [0.15, 0.2) is 23.9 Å². The van der Waals surface area contributed by atoms with Gasteiger partial charge in [0.1, 0.15) is 5.70 Å². The maximum Gasteiger partial charge on any atom is 0.273 e. The van der Waals surface area contributed by atoms with E-state index in [0.717, 1.165) is 12.0 Å². The second-order valence-corrected chi connectivity index (χ2v) is 4.63. The molecule has 1 amide bonds. The summed E-state index contributed by atoms with van der Waals surface area (Å²) in [6.07, 6.45) is 2.64. The van der Waals surface area contributed by atoms with Crippen LogP contribution in [0.4, 0.5) is 0 Å². The first kappa shape index (κ1) is 14.3. The predicted octanol–water partition coefficient (Wildman–Crippen LogP) is 1.83. The Morgan fingerprint density at radius 1 is 1.30 bits per heavy atom. The van der Waals surface area contributed by atoms with Crippen LogP contribution in [-0.4, -0.2) is 24.7 Å². The highest BCUT2D eigenvalue weighted by Gasteiger charge is 2.20. The Kier molecular flexibility index (Phi) is 4.57. The third-order valence-electron chi connectivity index (χ3n) is 2.68. The van der Waals surface area contributed by atoms with Crippen LogP contribution >= 0.6 is 12.2 Å². The highest BCUT2D eigenvalue weighted by Crippen LogP contribution is 2.29. The van der Waals surface area contributed by atoms with Gasteiger partial charge in [-0.1, -0.05) is 13.0 Å². The normalized spacial score (nSPS) is 16.0. The van der Waals surface area contributed by atoms with Gasteiger partial charge in [0.25, 0.3) is 5.91 Å². The topological polar surface area (TPSA) is 59.6 Å². The number of carbonyl (C=O) groups is 1. The van der Waals surface area contributed by atoms with E-state index < -0.39 is 0 Å². The number of thiocarbonyl (C=S) groups is 1. The molecule has 5 nitrogen and oxygen atoms in total. The van der Waals surface area contributed by atoms with Crippen molar-refractivity contribution in [3.63, 3.8) is 0 Å². The van der Waals surface area contributed by atoms with Crippen molar-refractivity contribution >= 4 is 29.3 Å². The van der Waals surface area contributed by atoms with Crippen LogP contribution in [0.1, 0.15) is 18.9 Å². The summed E-state index contributed by atoms with van der Waals surface area (Å²) in [6.45, 7) is 2.67. The van der Waals surface area contributed by atoms with Crippen LogP contribution in [0.3, 0.4) is 0 Å². The Bertz CT molecular complexity index is 570. The Morgan fingerprint density at radius 3 is 2.70 bits per heavy atom. The molecule has 0 bridgehead atoms. The van der Waals surface area contributed by atoms with Crippen LogP contribution in [0.2, 0.25) is 0 Å². The van der Waals surface area contributed by atoms with E-state index >= 15 is 0 Å². The molecule has 0 aromatic heterocycles. The third kappa shape index (κ3) is 3.27. The van der Waals surface area contributed by atoms with E-state index in [1.807, 2.05) is 25.1 Å². The minimum Gasteiger partial charge on any atom is -0.493 e. The summed E-state index contributed by atoms with van der Waals surface area (Å²) < 4.78 is 10.9. The molecule has 20 heavy (non-hydrogen) atoms. The second-order valence-electron chi connectivity index (χ2n) is 4.23. The number of amides is 1. The first-order chi connectivity index (χ1) is 9.63. The van der Waals surface area contributed by atoms with Gasteiger partial charge < -0.3 is 14.8 Å². The number of nitrogens with one attached hydrogen (secondary N) is 2. The zero-order valence-electron chi connectivity index (χ0n) is 11.4. The van der Waals surface area contributed by atoms with E-state index in [2.05, 4.69) is 10.6 Å². The summed E-state index contributed by atoms with van der Waals surface area (Å²) >= 11 is 4.88. The van der Waals surface area contributed by atoms with Gasteiger partial charge in [-0.25, -0.2) is 0 Å². The highest BCUT2D eigenvalue weighted by molar-refractivity contribution is 7.80. The van der Waals surface area contributed by atoms with Crippen LogP contribution < -0.4 is 20.1 Å². The van der Waals surface area contributed by atoms with E-state index in [9.17, 15) is 4.79 Å². The van der Waals surface area contributed by atoms with E-state index in [-0.39, 0.29) is 5.91 Å². The van der Waals surface area contributed by atoms with Gasteiger partial charge in [-0.3, -0.25) is 10.1 Å². The Hall–Kier alpha value is -2.08. The lowest BCUT2D eigenvalue weighted by Gasteiger charge is -2.10. The fraction of sp³-hybridized carbons (Fsp3) is 0.286. The predicted molar refractivity (Wildman–Crippen MR) is 80.6 cm³/mol. The lowest BCUT2D eigenvalue weighted by atomic mass is 10.1. The zero-order chi connectivity index (χ0) is 14.5. The van der Waals surface area contributed by atoms with E-state index in [4.69, 9.17) is 21.7 Å². The molecular formula is C14H16N2O3S. The standard InChI is InChI=1S/C14H16N2O3S/c1-3-6-19-11-5-4-9(8-12(11)18-2)7-10-13(17)16-14(20)15-10/h4-5,7-8H,3,6H2,1-2H3,(H2,15,16,17,20)/b10-7+. The van der Waals surface area contributed by atoms with Crippen LogP contribution in [-0.2, 0) is 4.79 Å². The molecular weight excluding hydrogens is 276 g/mol. The lowest BCUT2D eigenvalue weighted by molar-refractivity contribution is -0.115. The van der Waals surface area contributed by atoms with Gasteiger partial charge in [-0.05, 0) is 42.4 Å². The number of methoxy groups -OCH3 is 1. The number of hydrogen-bond donors (Lipinski definition) is 2. The monoisotopic (exact) mass is 292 g/mol. The van der Waals surface area contributed by atoms with Crippen molar-refractivity contribution in [1.29, 1.82) is 0 Å². The first-order valence-corrected chi connectivity index (χ1v) is 6.69. The van der Waals surface area contributed by atoms with Crippen LogP contribution in [0, 0.1) is 0 Å². The zero-order valence-corrected chi connectivity index (χ0v) is 12.2. The smallest absolute Gasteiger partial charge is 0.273 e. The molecule has 106 valence electrons. The maximum atomic E-state index is 11.6.